The lowest BCUT2D eigenvalue weighted by molar-refractivity contribution is 0.507. The van der Waals surface area contributed by atoms with Crippen LogP contribution in [0.3, 0.4) is 0 Å². The van der Waals surface area contributed by atoms with Crippen LogP contribution in [0.25, 0.3) is 11.3 Å². The molecule has 1 heterocycles. The lowest BCUT2D eigenvalue weighted by Gasteiger charge is -2.03. The Morgan fingerprint density at radius 3 is 2.83 bits per heavy atom. The summed E-state index contributed by atoms with van der Waals surface area (Å²) in [5.41, 5.74) is 1.21. The highest BCUT2D eigenvalue weighted by Gasteiger charge is 2.21. The molecule has 0 atom stereocenters. The molecule has 1 saturated carbocycles. The maximum Gasteiger partial charge on any atom is 0.181 e. The van der Waals surface area contributed by atoms with Crippen molar-refractivity contribution in [2.24, 2.45) is 0 Å². The largest absolute Gasteiger partial charge is 0.443 e. The number of oxazole rings is 1. The van der Waals surface area contributed by atoms with Crippen molar-refractivity contribution in [3.05, 3.63) is 41.9 Å². The number of benzene rings is 1. The Kier molecular flexibility index (Phi) is 2.83. The molecule has 3 nitrogen and oxygen atoms in total. The second-order valence-electron chi connectivity index (χ2n) is 4.41. The van der Waals surface area contributed by atoms with Crippen LogP contribution >= 0.6 is 0 Å². The topological polar surface area (TPSA) is 38.1 Å². The van der Waals surface area contributed by atoms with Gasteiger partial charge in [0.25, 0.3) is 0 Å². The summed E-state index contributed by atoms with van der Waals surface area (Å²) in [4.78, 5) is 4.10. The van der Waals surface area contributed by atoms with Gasteiger partial charge >= 0.3 is 0 Å². The van der Waals surface area contributed by atoms with Crippen LogP contribution in [0.15, 0.2) is 29.0 Å². The fraction of sp³-hybridized carbons (Fsp3) is 0.308. The summed E-state index contributed by atoms with van der Waals surface area (Å²) >= 11 is 0. The van der Waals surface area contributed by atoms with E-state index in [1.807, 2.05) is 0 Å². The van der Waals surface area contributed by atoms with Crippen molar-refractivity contribution in [2.45, 2.75) is 25.4 Å². The van der Waals surface area contributed by atoms with Crippen LogP contribution in [-0.2, 0) is 6.54 Å². The quantitative estimate of drug-likeness (QED) is 0.906. The lowest BCUT2D eigenvalue weighted by atomic mass is 10.1. The number of halogens is 2. The standard InChI is InChI=1S/C13H12F2N2O/c14-10-4-1-8(5-11(10)15)13-12(17-7-18-13)6-16-9-2-3-9/h1,4-5,7,9,16H,2-3,6H2. The van der Waals surface area contributed by atoms with E-state index in [-0.39, 0.29) is 0 Å². The van der Waals surface area contributed by atoms with Crippen molar-refractivity contribution in [1.82, 2.24) is 10.3 Å². The van der Waals surface area contributed by atoms with Gasteiger partial charge in [0.15, 0.2) is 23.8 Å². The lowest BCUT2D eigenvalue weighted by Crippen LogP contribution is -2.16. The van der Waals surface area contributed by atoms with Gasteiger partial charge in [-0.2, -0.15) is 0 Å². The molecule has 3 rings (SSSR count). The van der Waals surface area contributed by atoms with Crippen LogP contribution in [0.1, 0.15) is 18.5 Å². The fourth-order valence-electron chi connectivity index (χ4n) is 1.80. The molecule has 0 spiro atoms. The Hall–Kier alpha value is -1.75. The maximum atomic E-state index is 13.2. The SMILES string of the molecule is Fc1ccc(-c2ocnc2CNC2CC2)cc1F. The van der Waals surface area contributed by atoms with E-state index >= 15 is 0 Å². The van der Waals surface area contributed by atoms with Crippen LogP contribution in [0, 0.1) is 11.6 Å². The summed E-state index contributed by atoms with van der Waals surface area (Å²) in [6.45, 7) is 0.579. The zero-order valence-electron chi connectivity index (χ0n) is 9.62. The van der Waals surface area contributed by atoms with Crippen molar-refractivity contribution in [3.63, 3.8) is 0 Å². The predicted octanol–water partition coefficient (Wildman–Crippen LogP) is 2.87. The second kappa shape index (κ2) is 4.49. The van der Waals surface area contributed by atoms with Crippen molar-refractivity contribution in [3.8, 4) is 11.3 Å². The minimum atomic E-state index is -0.884. The molecule has 0 radical (unpaired) electrons. The van der Waals surface area contributed by atoms with Gasteiger partial charge in [0.05, 0.1) is 0 Å². The van der Waals surface area contributed by atoms with Gasteiger partial charge in [-0.15, -0.1) is 0 Å². The normalized spacial score (nSPS) is 15.0. The van der Waals surface area contributed by atoms with Gasteiger partial charge in [-0.25, -0.2) is 13.8 Å². The third-order valence-electron chi connectivity index (χ3n) is 2.96. The first-order valence-electron chi connectivity index (χ1n) is 5.85. The van der Waals surface area contributed by atoms with E-state index in [1.165, 1.54) is 25.3 Å². The van der Waals surface area contributed by atoms with E-state index < -0.39 is 11.6 Å². The first kappa shape index (κ1) is 11.3. The fourth-order valence-corrected chi connectivity index (χ4v) is 1.80. The van der Waals surface area contributed by atoms with Crippen LogP contribution in [0.5, 0.6) is 0 Å². The van der Waals surface area contributed by atoms with Gasteiger partial charge in [0, 0.05) is 18.2 Å². The van der Waals surface area contributed by atoms with Gasteiger partial charge in [0.1, 0.15) is 5.69 Å². The van der Waals surface area contributed by atoms with Gasteiger partial charge < -0.3 is 9.73 Å². The summed E-state index contributed by atoms with van der Waals surface area (Å²) in [7, 11) is 0. The van der Waals surface area contributed by atoms with E-state index in [1.54, 1.807) is 0 Å². The predicted molar refractivity (Wildman–Crippen MR) is 61.7 cm³/mol. The Bertz CT molecular complexity index is 564. The molecule has 94 valence electrons. The third kappa shape index (κ3) is 2.26. The molecule has 1 aromatic heterocycles. The molecule has 18 heavy (non-hydrogen) atoms. The zero-order valence-corrected chi connectivity index (χ0v) is 9.62. The van der Waals surface area contributed by atoms with Gasteiger partial charge in [0.2, 0.25) is 0 Å². The van der Waals surface area contributed by atoms with Crippen LogP contribution in [-0.4, -0.2) is 11.0 Å². The molecule has 1 aromatic carbocycles. The number of rotatable bonds is 4. The van der Waals surface area contributed by atoms with Gasteiger partial charge in [-0.3, -0.25) is 0 Å². The summed E-state index contributed by atoms with van der Waals surface area (Å²) in [5.74, 6) is -1.26. The average Bonchev–Trinajstić information content (AvgIpc) is 3.08. The van der Waals surface area contributed by atoms with E-state index in [0.717, 1.165) is 12.1 Å². The first-order chi connectivity index (χ1) is 8.74. The van der Waals surface area contributed by atoms with Gasteiger partial charge in [-0.05, 0) is 31.0 Å². The number of hydrogen-bond donors (Lipinski definition) is 1. The number of nitrogens with zero attached hydrogens (tertiary/aromatic N) is 1. The molecule has 5 heteroatoms. The maximum absolute atomic E-state index is 13.2. The van der Waals surface area contributed by atoms with E-state index in [4.69, 9.17) is 4.42 Å². The minimum absolute atomic E-state index is 0.488. The molecule has 0 unspecified atom stereocenters. The van der Waals surface area contributed by atoms with Crippen LogP contribution < -0.4 is 5.32 Å². The molecule has 1 fully saturated rings. The first-order valence-corrected chi connectivity index (χ1v) is 5.85. The number of hydrogen-bond acceptors (Lipinski definition) is 3. The summed E-state index contributed by atoms with van der Waals surface area (Å²) < 4.78 is 31.3. The Balaban J connectivity index is 1.85. The molecule has 1 aliphatic rings. The van der Waals surface area contributed by atoms with Crippen molar-refractivity contribution < 1.29 is 13.2 Å². The molecular weight excluding hydrogens is 238 g/mol. The Labute approximate surface area is 103 Å². The average molecular weight is 250 g/mol. The molecule has 1 N–H and O–H groups in total. The van der Waals surface area contributed by atoms with Crippen molar-refractivity contribution in [1.29, 1.82) is 0 Å². The highest BCUT2D eigenvalue weighted by Crippen LogP contribution is 2.26. The third-order valence-corrected chi connectivity index (χ3v) is 2.96. The van der Waals surface area contributed by atoms with Crippen LogP contribution in [0.2, 0.25) is 0 Å². The van der Waals surface area contributed by atoms with Crippen molar-refractivity contribution in [2.75, 3.05) is 0 Å². The molecule has 0 amide bonds. The molecule has 0 bridgehead atoms. The summed E-state index contributed by atoms with van der Waals surface area (Å²) in [6.07, 6.45) is 3.68. The molecule has 2 aromatic rings. The monoisotopic (exact) mass is 250 g/mol. The Morgan fingerprint density at radius 2 is 2.11 bits per heavy atom. The second-order valence-corrected chi connectivity index (χ2v) is 4.41. The smallest absolute Gasteiger partial charge is 0.181 e. The number of nitrogens with one attached hydrogen (secondary N) is 1. The summed E-state index contributed by atoms with van der Waals surface area (Å²) in [5, 5.41) is 3.30. The molecule has 1 aliphatic carbocycles. The highest BCUT2D eigenvalue weighted by atomic mass is 19.2. The highest BCUT2D eigenvalue weighted by molar-refractivity contribution is 5.59. The molecule has 0 aliphatic heterocycles. The zero-order chi connectivity index (χ0) is 12.5. The van der Waals surface area contributed by atoms with E-state index in [9.17, 15) is 8.78 Å². The number of aromatic nitrogens is 1. The van der Waals surface area contributed by atoms with Crippen LogP contribution in [0.4, 0.5) is 8.78 Å². The minimum Gasteiger partial charge on any atom is -0.443 e. The summed E-state index contributed by atoms with van der Waals surface area (Å²) in [6, 6.07) is 4.25. The molecular formula is C13H12F2N2O. The van der Waals surface area contributed by atoms with E-state index in [2.05, 4.69) is 10.3 Å². The van der Waals surface area contributed by atoms with Crippen molar-refractivity contribution >= 4 is 0 Å². The molecule has 0 saturated heterocycles. The van der Waals surface area contributed by atoms with Gasteiger partial charge in [-0.1, -0.05) is 0 Å². The van der Waals surface area contributed by atoms with E-state index in [0.29, 0.717) is 29.6 Å². The Morgan fingerprint density at radius 1 is 1.28 bits per heavy atom.